The number of hydrogen-bond donors (Lipinski definition) is 1. The van der Waals surface area contributed by atoms with Crippen LogP contribution in [0.25, 0.3) is 0 Å². The van der Waals surface area contributed by atoms with E-state index in [2.05, 4.69) is 0 Å². The lowest BCUT2D eigenvalue weighted by atomic mass is 9.89. The molecule has 0 spiro atoms. The lowest BCUT2D eigenvalue weighted by molar-refractivity contribution is -0.130. The summed E-state index contributed by atoms with van der Waals surface area (Å²) in [7, 11) is 0. The summed E-state index contributed by atoms with van der Waals surface area (Å²) >= 11 is 0. The van der Waals surface area contributed by atoms with E-state index in [9.17, 15) is 14.7 Å². The van der Waals surface area contributed by atoms with E-state index in [0.29, 0.717) is 0 Å². The number of carbonyl (C=O) groups is 2. The highest BCUT2D eigenvalue weighted by atomic mass is 16.6. The highest BCUT2D eigenvalue weighted by Crippen LogP contribution is 2.28. The molecule has 0 fully saturated rings. The van der Waals surface area contributed by atoms with Crippen molar-refractivity contribution in [2.24, 2.45) is 0 Å². The maximum absolute atomic E-state index is 11.4. The second-order valence-electron chi connectivity index (χ2n) is 3.26. The van der Waals surface area contributed by atoms with Crippen molar-refractivity contribution in [3.8, 4) is 6.07 Å². The second-order valence-corrected chi connectivity index (χ2v) is 3.26. The van der Waals surface area contributed by atoms with Crippen molar-refractivity contribution in [1.29, 1.82) is 5.26 Å². The Morgan fingerprint density at radius 2 is 2.07 bits per heavy atom. The lowest BCUT2D eigenvalue weighted by Gasteiger charge is -2.27. The summed E-state index contributed by atoms with van der Waals surface area (Å²) in [6, 6.07) is 1.80. The Kier molecular flexibility index (Phi) is 2.23. The molecule has 0 saturated carbocycles. The zero-order valence-electron chi connectivity index (χ0n) is 7.64. The van der Waals surface area contributed by atoms with Crippen molar-refractivity contribution in [2.75, 3.05) is 0 Å². The minimum Gasteiger partial charge on any atom is -0.364 e. The third-order valence-corrected chi connectivity index (χ3v) is 2.35. The van der Waals surface area contributed by atoms with E-state index < -0.39 is 18.2 Å². The number of aliphatic hydroxyl groups excluding tert-OH is 1. The first-order chi connectivity index (χ1) is 7.13. The van der Waals surface area contributed by atoms with E-state index in [-0.39, 0.29) is 23.4 Å². The predicted octanol–water partition coefficient (Wildman–Crippen LogP) is -0.378. The van der Waals surface area contributed by atoms with Crippen molar-refractivity contribution in [1.82, 2.24) is 0 Å². The molecule has 5 heteroatoms. The molecule has 5 nitrogen and oxygen atoms in total. The van der Waals surface area contributed by atoms with Crippen molar-refractivity contribution < 1.29 is 19.4 Å². The summed E-state index contributed by atoms with van der Waals surface area (Å²) in [6.45, 7) is 0. The SMILES string of the molecule is N#CC1CC2=C(C(=O)C=CC2=O)C(O)O1. The molecule has 0 aromatic rings. The summed E-state index contributed by atoms with van der Waals surface area (Å²) in [5.41, 5.74) is 0.154. The number of nitrogens with zero attached hydrogens (tertiary/aromatic N) is 1. The first-order valence-corrected chi connectivity index (χ1v) is 4.36. The summed E-state index contributed by atoms with van der Waals surface area (Å²) in [5.74, 6) is -0.777. The maximum atomic E-state index is 11.4. The summed E-state index contributed by atoms with van der Waals surface area (Å²) in [5, 5.41) is 18.1. The first-order valence-electron chi connectivity index (χ1n) is 4.36. The van der Waals surface area contributed by atoms with Gasteiger partial charge < -0.3 is 9.84 Å². The molecule has 2 unspecified atom stereocenters. The number of hydrogen-bond acceptors (Lipinski definition) is 5. The molecule has 76 valence electrons. The van der Waals surface area contributed by atoms with E-state index in [0.717, 1.165) is 12.2 Å². The van der Waals surface area contributed by atoms with Crippen LogP contribution in [-0.2, 0) is 14.3 Å². The normalized spacial score (nSPS) is 30.1. The quantitative estimate of drug-likeness (QED) is 0.545. The fraction of sp³-hybridized carbons (Fsp3) is 0.300. The molecule has 1 heterocycles. The van der Waals surface area contributed by atoms with E-state index >= 15 is 0 Å². The number of aliphatic hydroxyl groups is 1. The van der Waals surface area contributed by atoms with E-state index in [1.165, 1.54) is 0 Å². The Labute approximate surface area is 85.3 Å². The number of rotatable bonds is 0. The number of carbonyl (C=O) groups excluding carboxylic acids is 2. The summed E-state index contributed by atoms with van der Waals surface area (Å²) < 4.78 is 4.85. The molecule has 2 rings (SSSR count). The van der Waals surface area contributed by atoms with Gasteiger partial charge in [-0.1, -0.05) is 0 Å². The highest BCUT2D eigenvalue weighted by molar-refractivity contribution is 6.20. The van der Waals surface area contributed by atoms with Gasteiger partial charge in [-0.25, -0.2) is 0 Å². The Bertz CT molecular complexity index is 441. The zero-order valence-corrected chi connectivity index (χ0v) is 7.64. The fourth-order valence-corrected chi connectivity index (χ4v) is 1.64. The number of ketones is 2. The largest absolute Gasteiger partial charge is 0.364 e. The van der Waals surface area contributed by atoms with Crippen molar-refractivity contribution in [3.63, 3.8) is 0 Å². The van der Waals surface area contributed by atoms with Crippen LogP contribution in [0.4, 0.5) is 0 Å². The average molecular weight is 205 g/mol. The molecule has 2 atom stereocenters. The first kappa shape index (κ1) is 9.77. The van der Waals surface area contributed by atoms with Crippen molar-refractivity contribution in [3.05, 3.63) is 23.3 Å². The van der Waals surface area contributed by atoms with Gasteiger partial charge in [-0.2, -0.15) is 5.26 Å². The van der Waals surface area contributed by atoms with Crippen molar-refractivity contribution >= 4 is 11.6 Å². The molecule has 0 bridgehead atoms. The molecule has 0 amide bonds. The number of allylic oxidation sites excluding steroid dienone is 2. The third kappa shape index (κ3) is 1.50. The number of ether oxygens (including phenoxy) is 1. The van der Waals surface area contributed by atoms with Crippen LogP contribution in [0.5, 0.6) is 0 Å². The summed E-state index contributed by atoms with van der Waals surface area (Å²) in [6.07, 6.45) is -0.0480. The van der Waals surface area contributed by atoms with Gasteiger partial charge in [0.2, 0.25) is 0 Å². The van der Waals surface area contributed by atoms with Gasteiger partial charge in [0.05, 0.1) is 11.6 Å². The van der Waals surface area contributed by atoms with Gasteiger partial charge in [-0.15, -0.1) is 0 Å². The van der Waals surface area contributed by atoms with E-state index in [1.807, 2.05) is 0 Å². The lowest BCUT2D eigenvalue weighted by Crippen LogP contribution is -2.35. The van der Waals surface area contributed by atoms with Crippen LogP contribution < -0.4 is 0 Å². The molecule has 0 saturated heterocycles. The van der Waals surface area contributed by atoms with Gasteiger partial charge in [-0.3, -0.25) is 9.59 Å². The molecule has 15 heavy (non-hydrogen) atoms. The van der Waals surface area contributed by atoms with Crippen LogP contribution in [0, 0.1) is 11.3 Å². The smallest absolute Gasteiger partial charge is 0.187 e. The Hall–Kier alpha value is -1.77. The molecule has 1 aliphatic carbocycles. The molecule has 2 aliphatic rings. The molecular weight excluding hydrogens is 198 g/mol. The minimum atomic E-state index is -1.47. The topological polar surface area (TPSA) is 87.4 Å². The van der Waals surface area contributed by atoms with Gasteiger partial charge in [0.1, 0.15) is 0 Å². The van der Waals surface area contributed by atoms with Gasteiger partial charge in [-0.05, 0) is 12.2 Å². The molecular formula is C10H7NO4. The van der Waals surface area contributed by atoms with Crippen molar-refractivity contribution in [2.45, 2.75) is 18.8 Å². The summed E-state index contributed by atoms with van der Waals surface area (Å²) in [4.78, 5) is 22.8. The van der Waals surface area contributed by atoms with Gasteiger partial charge in [0.25, 0.3) is 0 Å². The average Bonchev–Trinajstić information content (AvgIpc) is 2.23. The van der Waals surface area contributed by atoms with Crippen LogP contribution >= 0.6 is 0 Å². The standard InChI is InChI=1S/C10H7NO4/c11-4-5-3-6-7(12)1-2-8(13)9(6)10(14)15-5/h1-2,5,10,14H,3H2. The molecule has 1 aliphatic heterocycles. The number of nitriles is 1. The monoisotopic (exact) mass is 205 g/mol. The van der Waals surface area contributed by atoms with Gasteiger partial charge >= 0.3 is 0 Å². The predicted molar refractivity (Wildman–Crippen MR) is 47.3 cm³/mol. The van der Waals surface area contributed by atoms with Crippen LogP contribution in [0.15, 0.2) is 23.3 Å². The zero-order chi connectivity index (χ0) is 11.0. The molecule has 1 N–H and O–H groups in total. The van der Waals surface area contributed by atoms with Crippen LogP contribution in [0.3, 0.4) is 0 Å². The van der Waals surface area contributed by atoms with E-state index in [1.54, 1.807) is 6.07 Å². The van der Waals surface area contributed by atoms with Crippen LogP contribution in [0.2, 0.25) is 0 Å². The minimum absolute atomic E-state index is 0.0333. The third-order valence-electron chi connectivity index (χ3n) is 2.35. The van der Waals surface area contributed by atoms with Crippen LogP contribution in [0.1, 0.15) is 6.42 Å². The second kappa shape index (κ2) is 3.42. The fourth-order valence-electron chi connectivity index (χ4n) is 1.64. The molecule has 0 aromatic carbocycles. The Morgan fingerprint density at radius 3 is 2.73 bits per heavy atom. The van der Waals surface area contributed by atoms with Gasteiger partial charge in [0.15, 0.2) is 24.0 Å². The maximum Gasteiger partial charge on any atom is 0.187 e. The van der Waals surface area contributed by atoms with Gasteiger partial charge in [0, 0.05) is 12.0 Å². The Balaban J connectivity index is 2.44. The molecule has 0 radical (unpaired) electrons. The Morgan fingerprint density at radius 1 is 1.40 bits per heavy atom. The highest BCUT2D eigenvalue weighted by Gasteiger charge is 2.35. The molecule has 0 aromatic heterocycles. The van der Waals surface area contributed by atoms with E-state index in [4.69, 9.17) is 10.00 Å². The van der Waals surface area contributed by atoms with Crippen LogP contribution in [-0.4, -0.2) is 29.1 Å².